The highest BCUT2D eigenvalue weighted by Crippen LogP contribution is 2.03. The molecule has 0 fully saturated rings. The van der Waals surface area contributed by atoms with Gasteiger partial charge < -0.3 is 10.2 Å². The maximum Gasteiger partial charge on any atom is 0.254 e. The lowest BCUT2D eigenvalue weighted by Gasteiger charge is -2.23. The van der Waals surface area contributed by atoms with Crippen LogP contribution in [0.3, 0.4) is 0 Å². The van der Waals surface area contributed by atoms with E-state index in [1.807, 2.05) is 26.8 Å². The summed E-state index contributed by atoms with van der Waals surface area (Å²) in [5, 5.41) is 2.82. The molecule has 4 nitrogen and oxygen atoms in total. The lowest BCUT2D eigenvalue weighted by atomic mass is 10.1. The Morgan fingerprint density at radius 3 is 2.22 bits per heavy atom. The number of nitrogens with one attached hydrogen (secondary N) is 1. The molecule has 4 heteroatoms. The van der Waals surface area contributed by atoms with E-state index < -0.39 is 0 Å². The van der Waals surface area contributed by atoms with Crippen LogP contribution in [0, 0.1) is 0 Å². The number of benzene rings is 1. The Balaban J connectivity index is 2.59. The van der Waals surface area contributed by atoms with E-state index in [0.29, 0.717) is 5.56 Å². The monoisotopic (exact) mass is 248 g/mol. The zero-order valence-corrected chi connectivity index (χ0v) is 11.4. The lowest BCUT2D eigenvalue weighted by molar-refractivity contribution is -0.122. The zero-order chi connectivity index (χ0) is 13.8. The third-order valence-electron chi connectivity index (χ3n) is 2.26. The average Bonchev–Trinajstić information content (AvgIpc) is 2.26. The molecule has 0 aliphatic rings. The fraction of sp³-hybridized carbons (Fsp3) is 0.429. The van der Waals surface area contributed by atoms with Gasteiger partial charge in [-0.25, -0.2) is 0 Å². The predicted molar refractivity (Wildman–Crippen MR) is 71.3 cm³/mol. The summed E-state index contributed by atoms with van der Waals surface area (Å²) in [6, 6.07) is 8.93. The van der Waals surface area contributed by atoms with Crippen LogP contribution in [0.1, 0.15) is 31.1 Å². The molecule has 0 saturated heterocycles. The van der Waals surface area contributed by atoms with Crippen LogP contribution in [0.5, 0.6) is 0 Å². The first kappa shape index (κ1) is 14.2. The summed E-state index contributed by atoms with van der Waals surface area (Å²) in [5.74, 6) is -0.311. The molecule has 0 bridgehead atoms. The largest absolute Gasteiger partial charge is 0.350 e. The van der Waals surface area contributed by atoms with Crippen molar-refractivity contribution in [3.8, 4) is 0 Å². The van der Waals surface area contributed by atoms with E-state index in [-0.39, 0.29) is 23.9 Å². The van der Waals surface area contributed by atoms with E-state index >= 15 is 0 Å². The van der Waals surface area contributed by atoms with E-state index in [2.05, 4.69) is 5.32 Å². The molecule has 98 valence electrons. The Bertz CT molecular complexity index is 421. The maximum absolute atomic E-state index is 12.0. The zero-order valence-electron chi connectivity index (χ0n) is 11.4. The summed E-state index contributed by atoms with van der Waals surface area (Å²) in [5.41, 5.74) is 0.303. The molecule has 0 atom stereocenters. The van der Waals surface area contributed by atoms with Gasteiger partial charge in [-0.15, -0.1) is 0 Å². The first-order chi connectivity index (χ1) is 8.29. The van der Waals surface area contributed by atoms with Crippen LogP contribution < -0.4 is 5.32 Å². The standard InChI is InChI=1S/C14H20N2O2/c1-14(2,3)15-12(17)10-16(4)13(18)11-8-6-5-7-9-11/h5-9H,10H2,1-4H3,(H,15,17). The number of nitrogens with zero attached hydrogens (tertiary/aromatic N) is 1. The van der Waals surface area contributed by atoms with Gasteiger partial charge in [-0.2, -0.15) is 0 Å². The first-order valence-electron chi connectivity index (χ1n) is 5.91. The van der Waals surface area contributed by atoms with Crippen LogP contribution in [0.25, 0.3) is 0 Å². The SMILES string of the molecule is CN(CC(=O)NC(C)(C)C)C(=O)c1ccccc1. The van der Waals surface area contributed by atoms with E-state index in [1.54, 1.807) is 31.3 Å². The molecule has 1 aromatic rings. The second-order valence-corrected chi connectivity index (χ2v) is 5.33. The third-order valence-corrected chi connectivity index (χ3v) is 2.26. The highest BCUT2D eigenvalue weighted by Gasteiger charge is 2.18. The van der Waals surface area contributed by atoms with Crippen molar-refractivity contribution in [3.05, 3.63) is 35.9 Å². The van der Waals surface area contributed by atoms with E-state index in [9.17, 15) is 9.59 Å². The summed E-state index contributed by atoms with van der Waals surface area (Å²) in [6.45, 7) is 5.78. The summed E-state index contributed by atoms with van der Waals surface area (Å²) >= 11 is 0. The van der Waals surface area contributed by atoms with Crippen molar-refractivity contribution < 1.29 is 9.59 Å². The summed E-state index contributed by atoms with van der Waals surface area (Å²) in [4.78, 5) is 25.1. The average molecular weight is 248 g/mol. The molecular weight excluding hydrogens is 228 g/mol. The number of amides is 2. The lowest BCUT2D eigenvalue weighted by Crippen LogP contribution is -2.46. The van der Waals surface area contributed by atoms with Gasteiger partial charge in [0.15, 0.2) is 0 Å². The topological polar surface area (TPSA) is 49.4 Å². The molecule has 1 N–H and O–H groups in total. The fourth-order valence-corrected chi connectivity index (χ4v) is 1.55. The van der Waals surface area contributed by atoms with Gasteiger partial charge in [-0.1, -0.05) is 18.2 Å². The normalized spacial score (nSPS) is 10.9. The van der Waals surface area contributed by atoms with Crippen LogP contribution in [-0.4, -0.2) is 35.8 Å². The highest BCUT2D eigenvalue weighted by molar-refractivity contribution is 5.96. The molecule has 0 aliphatic carbocycles. The van der Waals surface area contributed by atoms with Gasteiger partial charge in [0.1, 0.15) is 0 Å². The third kappa shape index (κ3) is 4.57. The smallest absolute Gasteiger partial charge is 0.254 e. The van der Waals surface area contributed by atoms with Gasteiger partial charge in [0.2, 0.25) is 5.91 Å². The molecular formula is C14H20N2O2. The molecule has 0 aromatic heterocycles. The number of hydrogen-bond donors (Lipinski definition) is 1. The molecule has 2 amide bonds. The van der Waals surface area contributed by atoms with Crippen LogP contribution in [0.4, 0.5) is 0 Å². The second-order valence-electron chi connectivity index (χ2n) is 5.33. The second kappa shape index (κ2) is 5.67. The van der Waals surface area contributed by atoms with Gasteiger partial charge >= 0.3 is 0 Å². The molecule has 0 radical (unpaired) electrons. The minimum Gasteiger partial charge on any atom is -0.350 e. The van der Waals surface area contributed by atoms with E-state index in [4.69, 9.17) is 0 Å². The Hall–Kier alpha value is -1.84. The Morgan fingerprint density at radius 1 is 1.17 bits per heavy atom. The van der Waals surface area contributed by atoms with Gasteiger partial charge in [0, 0.05) is 18.2 Å². The van der Waals surface area contributed by atoms with E-state index in [1.165, 1.54) is 4.90 Å². The predicted octanol–water partition coefficient (Wildman–Crippen LogP) is 1.67. The summed E-state index contributed by atoms with van der Waals surface area (Å²) < 4.78 is 0. The molecule has 0 heterocycles. The minimum atomic E-state index is -0.284. The molecule has 18 heavy (non-hydrogen) atoms. The Morgan fingerprint density at radius 2 is 1.72 bits per heavy atom. The summed E-state index contributed by atoms with van der Waals surface area (Å²) in [7, 11) is 1.62. The van der Waals surface area contributed by atoms with Crippen molar-refractivity contribution in [1.82, 2.24) is 10.2 Å². The van der Waals surface area contributed by atoms with Gasteiger partial charge in [0.05, 0.1) is 6.54 Å². The summed E-state index contributed by atoms with van der Waals surface area (Å²) in [6.07, 6.45) is 0. The van der Waals surface area contributed by atoms with Crippen LogP contribution in [0.2, 0.25) is 0 Å². The number of hydrogen-bond acceptors (Lipinski definition) is 2. The maximum atomic E-state index is 12.0. The number of carbonyl (C=O) groups excluding carboxylic acids is 2. The first-order valence-corrected chi connectivity index (χ1v) is 5.91. The van der Waals surface area contributed by atoms with Crippen molar-refractivity contribution in [2.75, 3.05) is 13.6 Å². The fourth-order valence-electron chi connectivity index (χ4n) is 1.55. The number of likely N-dealkylation sites (N-methyl/N-ethyl adjacent to an activating group) is 1. The molecule has 0 saturated carbocycles. The van der Waals surface area contributed by atoms with E-state index in [0.717, 1.165) is 0 Å². The van der Waals surface area contributed by atoms with Crippen molar-refractivity contribution in [3.63, 3.8) is 0 Å². The van der Waals surface area contributed by atoms with Gasteiger partial charge in [-0.05, 0) is 32.9 Å². The number of rotatable bonds is 3. The van der Waals surface area contributed by atoms with Gasteiger partial charge in [0.25, 0.3) is 5.91 Å². The van der Waals surface area contributed by atoms with Crippen molar-refractivity contribution in [2.45, 2.75) is 26.3 Å². The highest BCUT2D eigenvalue weighted by atomic mass is 16.2. The van der Waals surface area contributed by atoms with Crippen LogP contribution >= 0.6 is 0 Å². The number of carbonyl (C=O) groups is 2. The molecule has 0 unspecified atom stereocenters. The van der Waals surface area contributed by atoms with Crippen molar-refractivity contribution in [2.24, 2.45) is 0 Å². The molecule has 0 spiro atoms. The quantitative estimate of drug-likeness (QED) is 0.884. The molecule has 1 aromatic carbocycles. The molecule has 0 aliphatic heterocycles. The van der Waals surface area contributed by atoms with Crippen LogP contribution in [-0.2, 0) is 4.79 Å². The Labute approximate surface area is 108 Å². The molecule has 1 rings (SSSR count). The van der Waals surface area contributed by atoms with Crippen LogP contribution in [0.15, 0.2) is 30.3 Å². The van der Waals surface area contributed by atoms with Gasteiger partial charge in [-0.3, -0.25) is 9.59 Å². The minimum absolute atomic E-state index is 0.0605. The Kier molecular flexibility index (Phi) is 4.48. The van der Waals surface area contributed by atoms with Crippen molar-refractivity contribution >= 4 is 11.8 Å². The van der Waals surface area contributed by atoms with Crippen molar-refractivity contribution in [1.29, 1.82) is 0 Å².